The lowest BCUT2D eigenvalue weighted by molar-refractivity contribution is 0.118. The molecule has 2 saturated heterocycles. The van der Waals surface area contributed by atoms with E-state index >= 15 is 0 Å². The Bertz CT molecular complexity index is 685. The van der Waals surface area contributed by atoms with E-state index in [0.717, 1.165) is 38.8 Å². The van der Waals surface area contributed by atoms with E-state index in [1.165, 1.54) is 11.3 Å². The Morgan fingerprint density at radius 3 is 2.65 bits per heavy atom. The summed E-state index contributed by atoms with van der Waals surface area (Å²) in [5.41, 5.74) is 2.48. The number of hydrogen-bond acceptors (Lipinski definition) is 4. The number of methoxy groups -OCH3 is 1. The first-order chi connectivity index (χ1) is 12.5. The van der Waals surface area contributed by atoms with Crippen LogP contribution in [0.25, 0.3) is 0 Å². The second kappa shape index (κ2) is 8.69. The number of ether oxygens (including phenoxy) is 1. The van der Waals surface area contributed by atoms with Gasteiger partial charge in [0.25, 0.3) is 10.2 Å². The molecular weight excluding hydrogens is 350 g/mol. The van der Waals surface area contributed by atoms with Gasteiger partial charge in [-0.2, -0.15) is 17.4 Å². The summed E-state index contributed by atoms with van der Waals surface area (Å²) in [5, 5.41) is 0. The van der Waals surface area contributed by atoms with Gasteiger partial charge in [0.05, 0.1) is 6.61 Å². The molecule has 0 aliphatic carbocycles. The molecule has 1 atom stereocenters. The molecule has 0 spiro atoms. The minimum absolute atomic E-state index is 0.0175. The van der Waals surface area contributed by atoms with E-state index in [4.69, 9.17) is 4.74 Å². The smallest absolute Gasteiger partial charge is 0.279 e. The van der Waals surface area contributed by atoms with Crippen LogP contribution in [0.5, 0.6) is 0 Å². The molecule has 1 aromatic rings. The summed E-state index contributed by atoms with van der Waals surface area (Å²) >= 11 is 0. The maximum absolute atomic E-state index is 12.8. The molecule has 3 rings (SSSR count). The van der Waals surface area contributed by atoms with Gasteiger partial charge in [-0.05, 0) is 56.2 Å². The number of rotatable bonds is 6. The largest absolute Gasteiger partial charge is 0.384 e. The van der Waals surface area contributed by atoms with Gasteiger partial charge in [-0.25, -0.2) is 0 Å². The highest BCUT2D eigenvalue weighted by Crippen LogP contribution is 2.23. The molecule has 0 radical (unpaired) electrons. The molecular formula is C19H31N3O3S. The Balaban J connectivity index is 1.53. The summed E-state index contributed by atoms with van der Waals surface area (Å²) in [6.07, 6.45) is 3.61. The standard InChI is InChI=1S/C19H31N3O3S/c1-16-5-3-7-19(13-16)21-11-8-18(9-12-21)20-26(23,24)22-10-4-6-17(14-22)15-25-2/h3,5,7,13,17-18,20H,4,6,8-12,14-15H2,1-2H3/t17-/m1/s1. The topological polar surface area (TPSA) is 61.9 Å². The third kappa shape index (κ3) is 4.97. The molecule has 1 N–H and O–H groups in total. The van der Waals surface area contributed by atoms with Gasteiger partial charge >= 0.3 is 0 Å². The molecule has 146 valence electrons. The van der Waals surface area contributed by atoms with Gasteiger partial charge < -0.3 is 9.64 Å². The highest BCUT2D eigenvalue weighted by atomic mass is 32.2. The van der Waals surface area contributed by atoms with Crippen LogP contribution in [0.4, 0.5) is 5.69 Å². The van der Waals surface area contributed by atoms with Crippen LogP contribution in [-0.4, -0.2) is 58.7 Å². The first-order valence-electron chi connectivity index (χ1n) is 9.56. The number of piperidine rings is 2. The Labute approximate surface area is 157 Å². The highest BCUT2D eigenvalue weighted by Gasteiger charge is 2.31. The third-order valence-electron chi connectivity index (χ3n) is 5.40. The zero-order valence-electron chi connectivity index (χ0n) is 15.9. The summed E-state index contributed by atoms with van der Waals surface area (Å²) in [6.45, 7) is 5.65. The second-order valence-corrected chi connectivity index (χ2v) is 9.25. The molecule has 0 amide bonds. The minimum Gasteiger partial charge on any atom is -0.384 e. The predicted octanol–water partition coefficient (Wildman–Crippen LogP) is 2.16. The molecule has 7 heteroatoms. The van der Waals surface area contributed by atoms with Crippen molar-refractivity contribution in [1.82, 2.24) is 9.03 Å². The molecule has 6 nitrogen and oxygen atoms in total. The Morgan fingerprint density at radius 1 is 1.19 bits per heavy atom. The zero-order valence-corrected chi connectivity index (χ0v) is 16.7. The molecule has 1 aromatic carbocycles. The van der Waals surface area contributed by atoms with Crippen molar-refractivity contribution in [2.75, 3.05) is 44.8 Å². The Morgan fingerprint density at radius 2 is 1.96 bits per heavy atom. The third-order valence-corrected chi connectivity index (χ3v) is 7.04. The second-order valence-electron chi connectivity index (χ2n) is 7.54. The fourth-order valence-corrected chi connectivity index (χ4v) is 5.56. The summed E-state index contributed by atoms with van der Waals surface area (Å²) < 4.78 is 35.3. The van der Waals surface area contributed by atoms with Crippen LogP contribution in [0.2, 0.25) is 0 Å². The van der Waals surface area contributed by atoms with Gasteiger partial charge in [-0.15, -0.1) is 0 Å². The zero-order chi connectivity index (χ0) is 18.6. The van der Waals surface area contributed by atoms with E-state index in [-0.39, 0.29) is 6.04 Å². The van der Waals surface area contributed by atoms with E-state index in [0.29, 0.717) is 25.6 Å². The monoisotopic (exact) mass is 381 g/mol. The number of nitrogens with one attached hydrogen (secondary N) is 1. The van der Waals surface area contributed by atoms with Crippen molar-refractivity contribution in [1.29, 1.82) is 0 Å². The van der Waals surface area contributed by atoms with Crippen LogP contribution >= 0.6 is 0 Å². The van der Waals surface area contributed by atoms with Crippen molar-refractivity contribution in [3.63, 3.8) is 0 Å². The average molecular weight is 382 g/mol. The van der Waals surface area contributed by atoms with Gasteiger partial charge in [-0.3, -0.25) is 0 Å². The van der Waals surface area contributed by atoms with Crippen molar-refractivity contribution < 1.29 is 13.2 Å². The molecule has 0 bridgehead atoms. The van der Waals surface area contributed by atoms with Gasteiger partial charge in [-0.1, -0.05) is 12.1 Å². The van der Waals surface area contributed by atoms with Crippen molar-refractivity contribution in [2.45, 2.75) is 38.6 Å². The molecule has 0 unspecified atom stereocenters. The SMILES string of the molecule is COC[C@@H]1CCCN(S(=O)(=O)NC2CCN(c3cccc(C)c3)CC2)C1. The van der Waals surface area contributed by atoms with E-state index in [9.17, 15) is 8.42 Å². The number of nitrogens with zero attached hydrogens (tertiary/aromatic N) is 2. The molecule has 2 aliphatic heterocycles. The molecule has 0 saturated carbocycles. The first-order valence-corrected chi connectivity index (χ1v) is 11.0. The normalized spacial score (nSPS) is 23.3. The van der Waals surface area contributed by atoms with Crippen molar-refractivity contribution in [3.8, 4) is 0 Å². The van der Waals surface area contributed by atoms with Gasteiger partial charge in [0.15, 0.2) is 0 Å². The van der Waals surface area contributed by atoms with Crippen LogP contribution in [0.1, 0.15) is 31.2 Å². The highest BCUT2D eigenvalue weighted by molar-refractivity contribution is 7.87. The van der Waals surface area contributed by atoms with Crippen LogP contribution in [-0.2, 0) is 14.9 Å². The maximum atomic E-state index is 12.8. The number of anilines is 1. The quantitative estimate of drug-likeness (QED) is 0.820. The lowest BCUT2D eigenvalue weighted by atomic mass is 10.0. The molecule has 2 aliphatic rings. The van der Waals surface area contributed by atoms with E-state index in [1.54, 1.807) is 11.4 Å². The van der Waals surface area contributed by atoms with E-state index in [2.05, 4.69) is 40.8 Å². The fourth-order valence-electron chi connectivity index (χ4n) is 3.98. The number of hydrogen-bond donors (Lipinski definition) is 1. The van der Waals surface area contributed by atoms with Gasteiger partial charge in [0.2, 0.25) is 0 Å². The average Bonchev–Trinajstić information content (AvgIpc) is 2.63. The Kier molecular flexibility index (Phi) is 6.55. The van der Waals surface area contributed by atoms with Gasteiger partial charge in [0.1, 0.15) is 0 Å². The fraction of sp³-hybridized carbons (Fsp3) is 0.684. The van der Waals surface area contributed by atoms with Crippen LogP contribution < -0.4 is 9.62 Å². The lowest BCUT2D eigenvalue weighted by Gasteiger charge is -2.36. The van der Waals surface area contributed by atoms with Crippen LogP contribution in [0.15, 0.2) is 24.3 Å². The number of aryl methyl sites for hydroxylation is 1. The molecule has 0 aromatic heterocycles. The van der Waals surface area contributed by atoms with Crippen molar-refractivity contribution in [3.05, 3.63) is 29.8 Å². The van der Waals surface area contributed by atoms with E-state index < -0.39 is 10.2 Å². The maximum Gasteiger partial charge on any atom is 0.279 e. The molecule has 26 heavy (non-hydrogen) atoms. The van der Waals surface area contributed by atoms with Gasteiger partial charge in [0, 0.05) is 45.0 Å². The molecule has 2 heterocycles. The summed E-state index contributed by atoms with van der Waals surface area (Å²) in [7, 11) is -1.74. The summed E-state index contributed by atoms with van der Waals surface area (Å²) in [4.78, 5) is 2.34. The first kappa shape index (κ1) is 19.6. The summed E-state index contributed by atoms with van der Waals surface area (Å²) in [6, 6.07) is 8.51. The van der Waals surface area contributed by atoms with Crippen LogP contribution in [0, 0.1) is 12.8 Å². The summed E-state index contributed by atoms with van der Waals surface area (Å²) in [5.74, 6) is 0.300. The van der Waals surface area contributed by atoms with Crippen molar-refractivity contribution >= 4 is 15.9 Å². The number of benzene rings is 1. The van der Waals surface area contributed by atoms with Crippen molar-refractivity contribution in [2.24, 2.45) is 5.92 Å². The predicted molar refractivity (Wildman–Crippen MR) is 105 cm³/mol. The minimum atomic E-state index is -3.41. The van der Waals surface area contributed by atoms with Crippen LogP contribution in [0.3, 0.4) is 0 Å². The lowest BCUT2D eigenvalue weighted by Crippen LogP contribution is -2.52. The Hall–Kier alpha value is -1.15. The van der Waals surface area contributed by atoms with E-state index in [1.807, 2.05) is 0 Å². The molecule has 2 fully saturated rings.